The molecule has 0 aliphatic carbocycles. The number of Topliss-reactive ketones (excluding diaryl/α,β-unsaturated/α-hetero) is 1. The molecular weight excluding hydrogens is 354 g/mol. The molecule has 1 aromatic rings. The van der Waals surface area contributed by atoms with E-state index in [4.69, 9.17) is 19.8 Å². The number of aliphatic carboxylic acids is 2. The first kappa shape index (κ1) is 24.6. The number of nitrogens with two attached hydrogens (primary N) is 1. The highest BCUT2D eigenvalue weighted by Crippen LogP contribution is 2.18. The van der Waals surface area contributed by atoms with E-state index in [-0.39, 0.29) is 11.8 Å². The van der Waals surface area contributed by atoms with Gasteiger partial charge in [-0.1, -0.05) is 31.9 Å². The fourth-order valence-corrected chi connectivity index (χ4v) is 2.31. The first-order valence-electron chi connectivity index (χ1n) is 8.95. The number of quaternary nitrogens is 1. The summed E-state index contributed by atoms with van der Waals surface area (Å²) in [4.78, 5) is 29.7. The highest BCUT2D eigenvalue weighted by atomic mass is 16.4. The summed E-state index contributed by atoms with van der Waals surface area (Å²) in [7, 11) is 0. The minimum Gasteiger partial charge on any atom is -0.539 e. The number of carboxylic acid groups (broad SMARTS) is 2. The molecule has 0 saturated carbocycles. The molecule has 0 heterocycles. The Hall–Kier alpha value is -2.45. The third kappa shape index (κ3) is 11.7. The van der Waals surface area contributed by atoms with E-state index in [9.17, 15) is 15.0 Å². The van der Waals surface area contributed by atoms with Crippen molar-refractivity contribution in [2.45, 2.75) is 58.1 Å². The number of aromatic hydroxyl groups is 1. The molecule has 0 radical (unpaired) electrons. The van der Waals surface area contributed by atoms with Gasteiger partial charge in [-0.25, -0.2) is 4.79 Å². The molecule has 0 bridgehead atoms. The first-order chi connectivity index (χ1) is 12.7. The molecule has 0 fully saturated rings. The van der Waals surface area contributed by atoms with E-state index in [0.717, 1.165) is 24.8 Å². The molecule has 0 spiro atoms. The van der Waals surface area contributed by atoms with Crippen molar-refractivity contribution in [3.8, 4) is 5.75 Å². The highest BCUT2D eigenvalue weighted by Gasteiger charge is 2.19. The molecule has 0 amide bonds. The van der Waals surface area contributed by atoms with Crippen LogP contribution in [0.15, 0.2) is 24.3 Å². The van der Waals surface area contributed by atoms with Gasteiger partial charge in [-0.2, -0.15) is 0 Å². The highest BCUT2D eigenvalue weighted by molar-refractivity contribution is 6.26. The maximum Gasteiger partial charge on any atom is 0.351 e. The van der Waals surface area contributed by atoms with Crippen molar-refractivity contribution >= 4 is 17.7 Å². The number of carbonyl (C=O) groups is 3. The lowest BCUT2D eigenvalue weighted by Gasteiger charge is -2.17. The van der Waals surface area contributed by atoms with E-state index in [1.54, 1.807) is 24.3 Å². The van der Waals surface area contributed by atoms with Gasteiger partial charge in [0.15, 0.2) is 5.97 Å². The van der Waals surface area contributed by atoms with Crippen LogP contribution in [-0.2, 0) is 14.4 Å². The molecule has 2 unspecified atom stereocenters. The third-order valence-electron chi connectivity index (χ3n) is 3.93. The number of aliphatic hydroxyl groups excluding tert-OH is 1. The number of carboxylic acids is 2. The Labute approximate surface area is 158 Å². The van der Waals surface area contributed by atoms with Crippen LogP contribution in [-0.4, -0.2) is 45.6 Å². The Morgan fingerprint density at radius 1 is 1.11 bits per heavy atom. The van der Waals surface area contributed by atoms with Crippen molar-refractivity contribution < 1.29 is 40.1 Å². The number of phenolic OH excluding ortho intramolecular Hbond substituents is 1. The maximum atomic E-state index is 11.7. The lowest BCUT2D eigenvalue weighted by Crippen LogP contribution is -2.90. The number of rotatable bonds is 10. The summed E-state index contributed by atoms with van der Waals surface area (Å²) in [6.07, 6.45) is 3.88. The summed E-state index contributed by atoms with van der Waals surface area (Å²) in [5.41, 5.74) is 0.783. The number of ketones is 1. The average Bonchev–Trinajstić information content (AvgIpc) is 2.62. The largest absolute Gasteiger partial charge is 0.539 e. The normalized spacial score (nSPS) is 12.4. The fourth-order valence-electron chi connectivity index (χ4n) is 2.31. The summed E-state index contributed by atoms with van der Waals surface area (Å²) < 4.78 is 0. The second-order valence-electron chi connectivity index (χ2n) is 6.26. The van der Waals surface area contributed by atoms with E-state index < -0.39 is 18.0 Å². The number of aliphatic hydroxyl groups is 1. The Morgan fingerprint density at radius 2 is 1.67 bits per heavy atom. The van der Waals surface area contributed by atoms with Crippen LogP contribution in [0.4, 0.5) is 0 Å². The summed E-state index contributed by atoms with van der Waals surface area (Å²) in [6.45, 7) is 4.78. The van der Waals surface area contributed by atoms with Crippen molar-refractivity contribution in [1.29, 1.82) is 0 Å². The van der Waals surface area contributed by atoms with Gasteiger partial charge in [-0.3, -0.25) is 4.79 Å². The number of phenols is 1. The van der Waals surface area contributed by atoms with Crippen LogP contribution < -0.4 is 10.4 Å². The Kier molecular flexibility index (Phi) is 12.5. The van der Waals surface area contributed by atoms with E-state index in [2.05, 4.69) is 6.92 Å². The zero-order valence-electron chi connectivity index (χ0n) is 15.8. The van der Waals surface area contributed by atoms with E-state index in [0.29, 0.717) is 25.2 Å². The van der Waals surface area contributed by atoms with Crippen molar-refractivity contribution in [1.82, 2.24) is 0 Å². The van der Waals surface area contributed by atoms with Crippen molar-refractivity contribution in [3.63, 3.8) is 0 Å². The first-order valence-corrected chi connectivity index (χ1v) is 8.95. The quantitative estimate of drug-likeness (QED) is 0.321. The van der Waals surface area contributed by atoms with Gasteiger partial charge in [-0.05, 0) is 31.0 Å². The fraction of sp³-hybridized carbons (Fsp3) is 0.526. The monoisotopic (exact) mass is 383 g/mol. The van der Waals surface area contributed by atoms with E-state index >= 15 is 0 Å². The molecule has 0 aliphatic heterocycles. The van der Waals surface area contributed by atoms with Crippen LogP contribution in [0.2, 0.25) is 0 Å². The predicted molar refractivity (Wildman–Crippen MR) is 95.7 cm³/mol. The minimum absolute atomic E-state index is 0.0158. The molecule has 8 nitrogen and oxygen atoms in total. The van der Waals surface area contributed by atoms with Gasteiger partial charge in [0.05, 0.1) is 13.0 Å². The Balaban J connectivity index is 0.000000972. The summed E-state index contributed by atoms with van der Waals surface area (Å²) >= 11 is 0. The van der Waals surface area contributed by atoms with Gasteiger partial charge in [0.1, 0.15) is 23.7 Å². The van der Waals surface area contributed by atoms with Crippen LogP contribution in [0, 0.1) is 0 Å². The van der Waals surface area contributed by atoms with Gasteiger partial charge in [0, 0.05) is 6.42 Å². The smallest absolute Gasteiger partial charge is 0.351 e. The minimum atomic E-state index is -2.07. The number of hydrogen-bond donors (Lipinski definition) is 4. The summed E-state index contributed by atoms with van der Waals surface area (Å²) in [5, 5.41) is 37.8. The summed E-state index contributed by atoms with van der Waals surface area (Å²) in [5.74, 6) is -3.50. The topological polar surface area (TPSA) is 152 Å². The van der Waals surface area contributed by atoms with Crippen LogP contribution >= 0.6 is 0 Å². The number of hydrogen-bond acceptors (Lipinski definition) is 6. The predicted octanol–water partition coefficient (Wildman–Crippen LogP) is -0.262. The molecule has 8 heteroatoms. The van der Waals surface area contributed by atoms with Gasteiger partial charge in [0.25, 0.3) is 0 Å². The molecular formula is C19H29NO7. The molecule has 27 heavy (non-hydrogen) atoms. The molecule has 1 rings (SSSR count). The zero-order valence-corrected chi connectivity index (χ0v) is 15.8. The second-order valence-corrected chi connectivity index (χ2v) is 6.26. The lowest BCUT2D eigenvalue weighted by atomic mass is 10.0. The van der Waals surface area contributed by atoms with E-state index in [1.165, 1.54) is 0 Å². The van der Waals surface area contributed by atoms with Crippen molar-refractivity contribution in [2.75, 3.05) is 6.54 Å². The average molecular weight is 383 g/mol. The Bertz CT molecular complexity index is 574. The van der Waals surface area contributed by atoms with Gasteiger partial charge in [-0.15, -0.1) is 0 Å². The number of unbranched alkanes of at least 4 members (excludes halogenated alkanes) is 2. The summed E-state index contributed by atoms with van der Waals surface area (Å²) in [6, 6.07) is 6.57. The molecule has 152 valence electrons. The van der Waals surface area contributed by atoms with Crippen LogP contribution in [0.25, 0.3) is 0 Å². The molecule has 1 aromatic carbocycles. The van der Waals surface area contributed by atoms with Gasteiger partial charge >= 0.3 is 5.97 Å². The number of benzene rings is 1. The SMILES string of the molecule is CCCCCC(=O)CC[NH2+]C(C)C(O)c1ccc(O)cc1.O=C([O-])C(=O)O. The second kappa shape index (κ2) is 13.7. The van der Waals surface area contributed by atoms with Crippen molar-refractivity contribution in [2.24, 2.45) is 0 Å². The lowest BCUT2D eigenvalue weighted by molar-refractivity contribution is -0.693. The van der Waals surface area contributed by atoms with Crippen molar-refractivity contribution in [3.05, 3.63) is 29.8 Å². The van der Waals surface area contributed by atoms with Gasteiger partial charge in [0.2, 0.25) is 0 Å². The molecule has 5 N–H and O–H groups in total. The van der Waals surface area contributed by atoms with Gasteiger partial charge < -0.3 is 30.5 Å². The van der Waals surface area contributed by atoms with Crippen LogP contribution in [0.3, 0.4) is 0 Å². The molecule has 2 atom stereocenters. The third-order valence-corrected chi connectivity index (χ3v) is 3.93. The molecule has 0 aromatic heterocycles. The van der Waals surface area contributed by atoms with Crippen LogP contribution in [0.1, 0.15) is 57.6 Å². The zero-order chi connectivity index (χ0) is 20.8. The van der Waals surface area contributed by atoms with Crippen LogP contribution in [0.5, 0.6) is 5.75 Å². The number of carbonyl (C=O) groups excluding carboxylic acids is 2. The maximum absolute atomic E-state index is 11.7. The Morgan fingerprint density at radius 3 is 2.15 bits per heavy atom. The molecule has 0 aliphatic rings. The standard InChI is InChI=1S/C17H27NO3.C2H2O4/c1-3-4-5-6-15(19)11-12-18-13(2)17(21)14-7-9-16(20)10-8-14;3-1(4)2(5)6/h7-10,13,17-18,20-21H,3-6,11-12H2,1-2H3;(H,3,4)(H,5,6). The van der Waals surface area contributed by atoms with E-state index in [1.807, 2.05) is 12.2 Å². The molecule has 0 saturated heterocycles.